The second-order valence-electron chi connectivity index (χ2n) is 3.15. The van der Waals surface area contributed by atoms with Crippen LogP contribution in [0.3, 0.4) is 0 Å². The third-order valence-electron chi connectivity index (χ3n) is 1.96. The lowest BCUT2D eigenvalue weighted by atomic mass is 9.87. The fraction of sp³-hybridized carbons (Fsp3) is 1.00. The first-order valence-electron chi connectivity index (χ1n) is 3.78. The number of aliphatic hydroxyl groups excluding tert-OH is 4. The Morgan fingerprint density at radius 3 is 1.64 bits per heavy atom. The highest BCUT2D eigenvalue weighted by atomic mass is 32.2. The van der Waals surface area contributed by atoms with Gasteiger partial charge in [-0.3, -0.25) is 4.55 Å². The molecule has 86 valence electrons. The summed E-state index contributed by atoms with van der Waals surface area (Å²) >= 11 is 0. The summed E-state index contributed by atoms with van der Waals surface area (Å²) in [5.41, 5.74) is -3.65. The minimum Gasteiger partial charge on any atom is -0.396 e. The lowest BCUT2D eigenvalue weighted by Crippen LogP contribution is -2.39. The molecule has 1 atom stereocenters. The van der Waals surface area contributed by atoms with Crippen LogP contribution in [0.1, 0.15) is 6.42 Å². The van der Waals surface area contributed by atoms with Crippen LogP contribution < -0.4 is 0 Å². The maximum atomic E-state index is 10.4. The molecule has 1 unspecified atom stereocenters. The lowest BCUT2D eigenvalue weighted by Gasteiger charge is -2.28. The first kappa shape index (κ1) is 13.8. The fourth-order valence-corrected chi connectivity index (χ4v) is 1.38. The smallest absolute Gasteiger partial charge is 0.292 e. The number of hydrogen-bond acceptors (Lipinski definition) is 6. The van der Waals surface area contributed by atoms with Crippen molar-refractivity contribution < 1.29 is 33.4 Å². The lowest BCUT2D eigenvalue weighted by molar-refractivity contribution is -0.0179. The molecule has 0 amide bonds. The van der Waals surface area contributed by atoms with Crippen LogP contribution in [0.25, 0.3) is 0 Å². The maximum absolute atomic E-state index is 10.4. The summed E-state index contributed by atoms with van der Waals surface area (Å²) < 4.78 is 29.2. The van der Waals surface area contributed by atoms with E-state index in [9.17, 15) is 8.42 Å². The third kappa shape index (κ3) is 3.48. The van der Waals surface area contributed by atoms with Gasteiger partial charge in [-0.2, -0.15) is 8.42 Å². The normalized spacial score (nSPS) is 15.5. The molecule has 0 aromatic carbocycles. The summed E-state index contributed by atoms with van der Waals surface area (Å²) in [6, 6.07) is 0. The first-order valence-corrected chi connectivity index (χ1v) is 5.28. The van der Waals surface area contributed by atoms with E-state index < -0.39 is 47.2 Å². The zero-order valence-electron chi connectivity index (χ0n) is 7.37. The van der Waals surface area contributed by atoms with E-state index in [2.05, 4.69) is 0 Å². The van der Waals surface area contributed by atoms with Gasteiger partial charge in [0.1, 0.15) is 0 Å². The number of aliphatic hydroxyl groups is 4. The Morgan fingerprint density at radius 2 is 1.43 bits per heavy atom. The molecule has 0 saturated heterocycles. The topological polar surface area (TPSA) is 135 Å². The average Bonchev–Trinajstić information content (AvgIpc) is 2.12. The molecule has 0 aromatic heterocycles. The molecule has 8 heteroatoms. The van der Waals surface area contributed by atoms with Crippen molar-refractivity contribution in [3.05, 3.63) is 0 Å². The standard InChI is InChI=1S/C6H14O7S/c7-2-6(3-8,4-9)1-5(10)14(11,12)13/h5,7-10H,1-4H2,(H,11,12,13). The Bertz CT molecular complexity index is 247. The summed E-state index contributed by atoms with van der Waals surface area (Å²) in [7, 11) is -4.64. The number of rotatable bonds is 6. The van der Waals surface area contributed by atoms with E-state index in [1.165, 1.54) is 0 Å². The molecule has 5 N–H and O–H groups in total. The van der Waals surface area contributed by atoms with Gasteiger partial charge < -0.3 is 20.4 Å². The largest absolute Gasteiger partial charge is 0.396 e. The van der Waals surface area contributed by atoms with Gasteiger partial charge in [0.15, 0.2) is 5.44 Å². The Hall–Kier alpha value is -0.250. The highest BCUT2D eigenvalue weighted by Gasteiger charge is 2.35. The van der Waals surface area contributed by atoms with Gasteiger partial charge in [0.2, 0.25) is 0 Å². The summed E-state index contributed by atoms with van der Waals surface area (Å²) in [5.74, 6) is 0. The molecular formula is C6H14O7S. The molecule has 0 aliphatic rings. The molecule has 0 fully saturated rings. The van der Waals surface area contributed by atoms with Gasteiger partial charge in [0.05, 0.1) is 19.8 Å². The van der Waals surface area contributed by atoms with Gasteiger partial charge in [-0.25, -0.2) is 0 Å². The van der Waals surface area contributed by atoms with Crippen LogP contribution in [0.2, 0.25) is 0 Å². The zero-order valence-corrected chi connectivity index (χ0v) is 8.18. The monoisotopic (exact) mass is 230 g/mol. The van der Waals surface area contributed by atoms with Crippen LogP contribution in [0.5, 0.6) is 0 Å². The van der Waals surface area contributed by atoms with Gasteiger partial charge >= 0.3 is 0 Å². The Balaban J connectivity index is 4.61. The summed E-state index contributed by atoms with van der Waals surface area (Å²) in [4.78, 5) is 0. The van der Waals surface area contributed by atoms with Crippen molar-refractivity contribution in [3.63, 3.8) is 0 Å². The fourth-order valence-electron chi connectivity index (χ4n) is 0.819. The van der Waals surface area contributed by atoms with E-state index >= 15 is 0 Å². The van der Waals surface area contributed by atoms with Gasteiger partial charge in [0, 0.05) is 11.8 Å². The van der Waals surface area contributed by atoms with Crippen LogP contribution >= 0.6 is 0 Å². The average molecular weight is 230 g/mol. The highest BCUT2D eigenvalue weighted by Crippen LogP contribution is 2.23. The van der Waals surface area contributed by atoms with Gasteiger partial charge in [0.25, 0.3) is 10.1 Å². The molecule has 14 heavy (non-hydrogen) atoms. The van der Waals surface area contributed by atoms with Gasteiger partial charge in [-0.15, -0.1) is 0 Å². The molecular weight excluding hydrogens is 216 g/mol. The Morgan fingerprint density at radius 1 is 1.07 bits per heavy atom. The van der Waals surface area contributed by atoms with Crippen LogP contribution in [0.4, 0.5) is 0 Å². The van der Waals surface area contributed by atoms with E-state index in [-0.39, 0.29) is 0 Å². The summed E-state index contributed by atoms with van der Waals surface area (Å²) in [6.45, 7) is -2.11. The van der Waals surface area contributed by atoms with Crippen molar-refractivity contribution in [3.8, 4) is 0 Å². The second-order valence-corrected chi connectivity index (χ2v) is 4.72. The van der Waals surface area contributed by atoms with E-state index in [0.29, 0.717) is 0 Å². The SMILES string of the molecule is O=S(=O)(O)C(O)CC(CO)(CO)CO. The van der Waals surface area contributed by atoms with Crippen molar-refractivity contribution in [1.29, 1.82) is 0 Å². The van der Waals surface area contributed by atoms with Crippen LogP contribution in [-0.4, -0.2) is 58.7 Å². The molecule has 0 spiro atoms. The molecule has 0 rings (SSSR count). The van der Waals surface area contributed by atoms with E-state index in [1.54, 1.807) is 0 Å². The van der Waals surface area contributed by atoms with Crippen molar-refractivity contribution in [2.24, 2.45) is 5.41 Å². The van der Waals surface area contributed by atoms with Crippen molar-refractivity contribution in [2.75, 3.05) is 19.8 Å². The van der Waals surface area contributed by atoms with Crippen molar-refractivity contribution in [1.82, 2.24) is 0 Å². The molecule has 7 nitrogen and oxygen atoms in total. The maximum Gasteiger partial charge on any atom is 0.292 e. The molecule has 0 heterocycles. The van der Waals surface area contributed by atoms with Crippen LogP contribution in [0, 0.1) is 5.41 Å². The summed E-state index contributed by atoms with van der Waals surface area (Å²) in [6.07, 6.45) is -0.644. The van der Waals surface area contributed by atoms with Crippen LogP contribution in [-0.2, 0) is 10.1 Å². The molecule has 0 aromatic rings. The molecule has 0 aliphatic heterocycles. The molecule has 0 aliphatic carbocycles. The van der Waals surface area contributed by atoms with E-state index in [4.69, 9.17) is 25.0 Å². The van der Waals surface area contributed by atoms with Crippen molar-refractivity contribution in [2.45, 2.75) is 11.9 Å². The van der Waals surface area contributed by atoms with Crippen LogP contribution in [0.15, 0.2) is 0 Å². The zero-order chi connectivity index (χ0) is 11.4. The molecule has 0 saturated carbocycles. The number of hydrogen-bond donors (Lipinski definition) is 5. The highest BCUT2D eigenvalue weighted by molar-refractivity contribution is 7.86. The second kappa shape index (κ2) is 5.01. The first-order chi connectivity index (χ1) is 6.31. The van der Waals surface area contributed by atoms with Crippen molar-refractivity contribution >= 4 is 10.1 Å². The Kier molecular flexibility index (Phi) is 4.92. The van der Waals surface area contributed by atoms with Gasteiger partial charge in [-0.05, 0) is 0 Å². The van der Waals surface area contributed by atoms with E-state index in [1.807, 2.05) is 0 Å². The van der Waals surface area contributed by atoms with Gasteiger partial charge in [-0.1, -0.05) is 0 Å². The minimum atomic E-state index is -4.64. The predicted molar refractivity (Wildman–Crippen MR) is 45.9 cm³/mol. The third-order valence-corrected chi connectivity index (χ3v) is 2.81. The minimum absolute atomic E-state index is 0.644. The predicted octanol–water partition coefficient (Wildman–Crippen LogP) is -2.45. The molecule has 0 radical (unpaired) electrons. The summed E-state index contributed by atoms with van der Waals surface area (Å²) in [5, 5.41) is 35.3. The Labute approximate surface area is 81.4 Å². The van der Waals surface area contributed by atoms with E-state index in [0.717, 1.165) is 0 Å². The quantitative estimate of drug-likeness (QED) is 0.319. The molecule has 0 bridgehead atoms.